The van der Waals surface area contributed by atoms with Crippen LogP contribution in [0.5, 0.6) is 0 Å². The van der Waals surface area contributed by atoms with Gasteiger partial charge in [0.25, 0.3) is 5.91 Å². The number of rotatable bonds is 4. The van der Waals surface area contributed by atoms with Crippen molar-refractivity contribution in [1.82, 2.24) is 14.8 Å². The van der Waals surface area contributed by atoms with Crippen LogP contribution < -0.4 is 5.32 Å². The minimum absolute atomic E-state index is 0.306. The molecule has 20 heavy (non-hydrogen) atoms. The molecule has 0 saturated heterocycles. The predicted molar refractivity (Wildman–Crippen MR) is 73.5 cm³/mol. The number of hydrogen-bond donors (Lipinski definition) is 2. The van der Waals surface area contributed by atoms with Gasteiger partial charge in [-0.1, -0.05) is 21.7 Å². The van der Waals surface area contributed by atoms with E-state index in [1.54, 1.807) is 25.1 Å². The van der Waals surface area contributed by atoms with Crippen LogP contribution in [-0.2, 0) is 4.79 Å². The third-order valence-corrected chi connectivity index (χ3v) is 3.06. The van der Waals surface area contributed by atoms with Crippen LogP contribution in [-0.4, -0.2) is 31.8 Å². The lowest BCUT2D eigenvalue weighted by Gasteiger charge is -2.07. The summed E-state index contributed by atoms with van der Waals surface area (Å²) >= 11 is 0.974. The SMILES string of the molecule is Cc1c(/C=C/C(=O)O)cccc1C(=O)Nc1nnns1. The normalized spacial score (nSPS) is 10.7. The number of carboxylic acid groups (broad SMARTS) is 1. The second kappa shape index (κ2) is 6.02. The van der Waals surface area contributed by atoms with Gasteiger partial charge in [-0.25, -0.2) is 4.79 Å². The highest BCUT2D eigenvalue weighted by Crippen LogP contribution is 2.17. The van der Waals surface area contributed by atoms with Crippen molar-refractivity contribution in [3.8, 4) is 0 Å². The van der Waals surface area contributed by atoms with Gasteiger partial charge in [0, 0.05) is 23.2 Å². The molecule has 2 N–H and O–H groups in total. The maximum Gasteiger partial charge on any atom is 0.328 e. The van der Waals surface area contributed by atoms with Crippen molar-refractivity contribution >= 4 is 34.6 Å². The van der Waals surface area contributed by atoms with Crippen LogP contribution in [0.25, 0.3) is 6.08 Å². The van der Waals surface area contributed by atoms with Gasteiger partial charge in [0.2, 0.25) is 5.13 Å². The third kappa shape index (κ3) is 3.23. The number of aliphatic carboxylic acids is 1. The average Bonchev–Trinajstić information content (AvgIpc) is 2.90. The van der Waals surface area contributed by atoms with Crippen LogP contribution in [0.2, 0.25) is 0 Å². The molecule has 1 amide bonds. The molecule has 0 radical (unpaired) electrons. The molecule has 7 nitrogen and oxygen atoms in total. The first kappa shape index (κ1) is 13.8. The van der Waals surface area contributed by atoms with E-state index >= 15 is 0 Å². The molecule has 8 heteroatoms. The first-order valence-corrected chi connectivity index (χ1v) is 6.32. The Bertz CT molecular complexity index is 667. The highest BCUT2D eigenvalue weighted by atomic mass is 32.1. The van der Waals surface area contributed by atoms with Crippen molar-refractivity contribution in [3.05, 3.63) is 41.0 Å². The zero-order valence-corrected chi connectivity index (χ0v) is 11.2. The van der Waals surface area contributed by atoms with Crippen LogP contribution in [0, 0.1) is 6.92 Å². The molecule has 0 spiro atoms. The number of hydrogen-bond acceptors (Lipinski definition) is 6. The van der Waals surface area contributed by atoms with Gasteiger partial charge in [-0.2, -0.15) is 0 Å². The van der Waals surface area contributed by atoms with Gasteiger partial charge in [0.15, 0.2) is 0 Å². The molecule has 102 valence electrons. The molecule has 0 fully saturated rings. The molecule has 0 bridgehead atoms. The quantitative estimate of drug-likeness (QED) is 0.828. The van der Waals surface area contributed by atoms with E-state index in [1.165, 1.54) is 6.08 Å². The Hall–Kier alpha value is -2.61. The molecule has 0 aliphatic rings. The highest BCUT2D eigenvalue weighted by Gasteiger charge is 2.12. The maximum absolute atomic E-state index is 12.1. The average molecular weight is 290 g/mol. The van der Waals surface area contributed by atoms with Gasteiger partial charge in [-0.05, 0) is 35.4 Å². The molecular weight excluding hydrogens is 280 g/mol. The lowest BCUT2D eigenvalue weighted by molar-refractivity contribution is -0.131. The van der Waals surface area contributed by atoms with E-state index in [4.69, 9.17) is 5.11 Å². The molecule has 0 unspecified atom stereocenters. The number of carboxylic acids is 1. The van der Waals surface area contributed by atoms with Gasteiger partial charge in [0.1, 0.15) is 0 Å². The molecule has 0 aliphatic heterocycles. The summed E-state index contributed by atoms with van der Waals surface area (Å²) in [7, 11) is 0. The first-order valence-electron chi connectivity index (χ1n) is 5.55. The number of anilines is 1. The van der Waals surface area contributed by atoms with Crippen molar-refractivity contribution in [3.63, 3.8) is 0 Å². The zero-order chi connectivity index (χ0) is 14.5. The predicted octanol–water partition coefficient (Wildman–Crippen LogP) is 1.59. The van der Waals surface area contributed by atoms with Crippen LogP contribution in [0.4, 0.5) is 5.13 Å². The summed E-state index contributed by atoms with van der Waals surface area (Å²) < 4.78 is 3.55. The Kier molecular flexibility index (Phi) is 4.16. The monoisotopic (exact) mass is 290 g/mol. The van der Waals surface area contributed by atoms with Crippen LogP contribution in [0.3, 0.4) is 0 Å². The van der Waals surface area contributed by atoms with Gasteiger partial charge < -0.3 is 5.11 Å². The first-order chi connectivity index (χ1) is 9.58. The molecule has 2 rings (SSSR count). The number of benzene rings is 1. The van der Waals surface area contributed by atoms with Crippen molar-refractivity contribution < 1.29 is 14.7 Å². The minimum atomic E-state index is -1.04. The summed E-state index contributed by atoms with van der Waals surface area (Å²) in [5.74, 6) is -1.38. The summed E-state index contributed by atoms with van der Waals surface area (Å²) in [5.41, 5.74) is 1.78. The Labute approximate surface area is 118 Å². The number of nitrogens with zero attached hydrogens (tertiary/aromatic N) is 3. The molecule has 1 aromatic carbocycles. The standard InChI is InChI=1S/C12H10N4O3S/c1-7-8(5-6-10(17)18)3-2-4-9(7)11(19)13-12-14-15-16-20-12/h2-6H,1H3,(H,17,18)(H,13,14,16,19)/b6-5+. The summed E-state index contributed by atoms with van der Waals surface area (Å²) in [5, 5.41) is 18.5. The van der Waals surface area contributed by atoms with E-state index in [2.05, 4.69) is 20.1 Å². The third-order valence-electron chi connectivity index (χ3n) is 2.55. The minimum Gasteiger partial charge on any atom is -0.478 e. The van der Waals surface area contributed by atoms with E-state index in [9.17, 15) is 9.59 Å². The molecule has 0 aliphatic carbocycles. The fourth-order valence-electron chi connectivity index (χ4n) is 1.59. The second-order valence-corrected chi connectivity index (χ2v) is 4.55. The maximum atomic E-state index is 12.1. The highest BCUT2D eigenvalue weighted by molar-refractivity contribution is 7.09. The summed E-state index contributed by atoms with van der Waals surface area (Å²) in [4.78, 5) is 22.6. The lowest BCUT2D eigenvalue weighted by Crippen LogP contribution is -2.13. The zero-order valence-electron chi connectivity index (χ0n) is 10.4. The van der Waals surface area contributed by atoms with E-state index < -0.39 is 5.97 Å². The fourth-order valence-corrected chi connectivity index (χ4v) is 1.95. The molecule has 1 heterocycles. The fraction of sp³-hybridized carbons (Fsp3) is 0.0833. The van der Waals surface area contributed by atoms with Gasteiger partial charge in [-0.3, -0.25) is 10.1 Å². The van der Waals surface area contributed by atoms with Crippen molar-refractivity contribution in [2.24, 2.45) is 0 Å². The Morgan fingerprint density at radius 2 is 2.20 bits per heavy atom. The molecule has 2 aromatic rings. The van der Waals surface area contributed by atoms with E-state index in [0.717, 1.165) is 17.6 Å². The number of carbonyl (C=O) groups excluding carboxylic acids is 1. The Balaban J connectivity index is 2.26. The number of nitrogens with one attached hydrogen (secondary N) is 1. The molecule has 1 aromatic heterocycles. The Morgan fingerprint density at radius 1 is 1.40 bits per heavy atom. The van der Waals surface area contributed by atoms with E-state index in [0.29, 0.717) is 21.8 Å². The molecular formula is C12H10N4O3S. The number of amides is 1. The van der Waals surface area contributed by atoms with Crippen molar-refractivity contribution in [2.75, 3.05) is 5.32 Å². The number of carbonyl (C=O) groups is 2. The van der Waals surface area contributed by atoms with Crippen LogP contribution >= 0.6 is 11.5 Å². The van der Waals surface area contributed by atoms with Crippen molar-refractivity contribution in [1.29, 1.82) is 0 Å². The van der Waals surface area contributed by atoms with Gasteiger partial charge in [0.05, 0.1) is 0 Å². The Morgan fingerprint density at radius 3 is 2.85 bits per heavy atom. The molecule has 0 atom stereocenters. The summed E-state index contributed by atoms with van der Waals surface area (Å²) in [6.45, 7) is 1.74. The lowest BCUT2D eigenvalue weighted by atomic mass is 10.0. The van der Waals surface area contributed by atoms with Gasteiger partial charge in [-0.15, -0.1) is 0 Å². The second-order valence-electron chi connectivity index (χ2n) is 3.81. The largest absolute Gasteiger partial charge is 0.478 e. The van der Waals surface area contributed by atoms with Gasteiger partial charge >= 0.3 is 5.97 Å². The van der Waals surface area contributed by atoms with Crippen molar-refractivity contribution in [2.45, 2.75) is 6.92 Å². The summed E-state index contributed by atoms with van der Waals surface area (Å²) in [6.07, 6.45) is 2.47. The van der Waals surface area contributed by atoms with Crippen LogP contribution in [0.15, 0.2) is 24.3 Å². The van der Waals surface area contributed by atoms with E-state index in [-0.39, 0.29) is 5.91 Å². The van der Waals surface area contributed by atoms with Crippen LogP contribution in [0.1, 0.15) is 21.5 Å². The summed E-state index contributed by atoms with van der Waals surface area (Å²) in [6, 6.07) is 5.07. The van der Waals surface area contributed by atoms with E-state index in [1.807, 2.05) is 0 Å². The molecule has 0 saturated carbocycles. The topological polar surface area (TPSA) is 105 Å². The smallest absolute Gasteiger partial charge is 0.328 e. The number of aromatic nitrogens is 3.